The summed E-state index contributed by atoms with van der Waals surface area (Å²) < 4.78 is 11.5. The molecule has 8 nitrogen and oxygen atoms in total. The van der Waals surface area contributed by atoms with Crippen molar-refractivity contribution in [2.75, 3.05) is 55.4 Å². The maximum atomic E-state index is 12.2. The number of likely N-dealkylation sites (N-methyl/N-ethyl adjacent to an activating group) is 2. The summed E-state index contributed by atoms with van der Waals surface area (Å²) in [6, 6.07) is 0. The van der Waals surface area contributed by atoms with Gasteiger partial charge in [-0.15, -0.1) is 0 Å². The molecular formula is C16H32N2O6+2. The fourth-order valence-electron chi connectivity index (χ4n) is 2.36. The molecule has 0 aromatic rings. The zero-order valence-electron chi connectivity index (χ0n) is 15.9. The van der Waals surface area contributed by atoms with E-state index in [1.54, 1.807) is 0 Å². The lowest BCUT2D eigenvalue weighted by Crippen LogP contribution is -2.45. The van der Waals surface area contributed by atoms with Crippen LogP contribution in [0.2, 0.25) is 0 Å². The van der Waals surface area contributed by atoms with Crippen molar-refractivity contribution < 1.29 is 37.9 Å². The van der Waals surface area contributed by atoms with E-state index in [4.69, 9.17) is 14.6 Å². The molecule has 2 unspecified atom stereocenters. The van der Waals surface area contributed by atoms with Gasteiger partial charge < -0.3 is 23.5 Å². The van der Waals surface area contributed by atoms with E-state index in [9.17, 15) is 14.4 Å². The maximum absolute atomic E-state index is 12.2. The van der Waals surface area contributed by atoms with Crippen LogP contribution in [0.4, 0.5) is 0 Å². The van der Waals surface area contributed by atoms with Gasteiger partial charge in [0.2, 0.25) is 0 Å². The highest BCUT2D eigenvalue weighted by atomic mass is 16.6. The minimum atomic E-state index is -1.02. The van der Waals surface area contributed by atoms with Gasteiger partial charge in [0.25, 0.3) is 0 Å². The van der Waals surface area contributed by atoms with Crippen LogP contribution < -0.4 is 0 Å². The van der Waals surface area contributed by atoms with E-state index in [-0.39, 0.29) is 12.8 Å². The molecule has 0 amide bonds. The Kier molecular flexibility index (Phi) is 8.36. The van der Waals surface area contributed by atoms with Gasteiger partial charge in [-0.2, -0.15) is 0 Å². The van der Waals surface area contributed by atoms with Crippen LogP contribution in [-0.4, -0.2) is 99.6 Å². The molecule has 140 valence electrons. The molecule has 0 aliphatic heterocycles. The number of aliphatic carboxylic acids is 1. The van der Waals surface area contributed by atoms with E-state index < -0.39 is 30.1 Å². The van der Waals surface area contributed by atoms with Crippen LogP contribution in [0.5, 0.6) is 0 Å². The number of quaternary nitrogens is 2. The molecule has 0 saturated carbocycles. The number of hydrogen-bond acceptors (Lipinski definition) is 5. The first kappa shape index (κ1) is 22.3. The van der Waals surface area contributed by atoms with E-state index in [0.717, 1.165) is 0 Å². The van der Waals surface area contributed by atoms with Crippen molar-refractivity contribution in [3.8, 4) is 0 Å². The first-order chi connectivity index (χ1) is 10.7. The predicted molar refractivity (Wildman–Crippen MR) is 88.1 cm³/mol. The van der Waals surface area contributed by atoms with Crippen LogP contribution in [0.25, 0.3) is 0 Å². The Morgan fingerprint density at radius 2 is 1.25 bits per heavy atom. The lowest BCUT2D eigenvalue weighted by Gasteiger charge is -2.30. The molecular weight excluding hydrogens is 316 g/mol. The number of carboxylic acids is 1. The monoisotopic (exact) mass is 348 g/mol. The third-order valence-corrected chi connectivity index (χ3v) is 2.93. The van der Waals surface area contributed by atoms with Gasteiger partial charge in [0.05, 0.1) is 55.1 Å². The average molecular weight is 348 g/mol. The van der Waals surface area contributed by atoms with Gasteiger partial charge >= 0.3 is 17.9 Å². The van der Waals surface area contributed by atoms with Crippen molar-refractivity contribution in [2.45, 2.75) is 32.0 Å². The molecule has 0 spiro atoms. The van der Waals surface area contributed by atoms with E-state index in [0.29, 0.717) is 22.1 Å². The van der Waals surface area contributed by atoms with Crippen molar-refractivity contribution in [1.82, 2.24) is 0 Å². The van der Waals surface area contributed by atoms with Crippen LogP contribution >= 0.6 is 0 Å². The number of carbonyl (C=O) groups excluding carboxylic acids is 2. The Bertz CT molecular complexity index is 410. The van der Waals surface area contributed by atoms with Crippen molar-refractivity contribution in [3.05, 3.63) is 0 Å². The number of carboxylic acid groups (broad SMARTS) is 1. The number of carbonyl (C=O) groups is 3. The van der Waals surface area contributed by atoms with Crippen molar-refractivity contribution in [2.24, 2.45) is 0 Å². The van der Waals surface area contributed by atoms with Crippen LogP contribution in [0.1, 0.15) is 19.8 Å². The summed E-state index contributed by atoms with van der Waals surface area (Å²) in [6.07, 6.45) is -1.68. The molecule has 0 rings (SSSR count). The Hall–Kier alpha value is -1.67. The second kappa shape index (κ2) is 8.98. The molecule has 8 heteroatoms. The van der Waals surface area contributed by atoms with Crippen LogP contribution in [-0.2, 0) is 23.9 Å². The smallest absolute Gasteiger partial charge is 0.310 e. The van der Waals surface area contributed by atoms with Crippen LogP contribution in [0, 0.1) is 0 Å². The van der Waals surface area contributed by atoms with Gasteiger partial charge in [0.15, 0.2) is 12.2 Å². The molecule has 2 atom stereocenters. The molecule has 0 radical (unpaired) electrons. The highest BCUT2D eigenvalue weighted by Crippen LogP contribution is 2.11. The van der Waals surface area contributed by atoms with Gasteiger partial charge in [0.1, 0.15) is 13.1 Å². The zero-order chi connectivity index (χ0) is 19.1. The summed E-state index contributed by atoms with van der Waals surface area (Å²) in [6.45, 7) is 2.12. The third kappa shape index (κ3) is 12.8. The molecule has 0 aliphatic rings. The number of ether oxygens (including phenoxy) is 2. The molecule has 24 heavy (non-hydrogen) atoms. The summed E-state index contributed by atoms with van der Waals surface area (Å²) in [5.74, 6) is -2.05. The van der Waals surface area contributed by atoms with E-state index >= 15 is 0 Å². The lowest BCUT2D eigenvalue weighted by atomic mass is 10.2. The van der Waals surface area contributed by atoms with Gasteiger partial charge in [-0.25, -0.2) is 0 Å². The highest BCUT2D eigenvalue weighted by molar-refractivity contribution is 5.73. The molecule has 0 aromatic heterocycles. The Morgan fingerprint density at radius 1 is 0.833 bits per heavy atom. The van der Waals surface area contributed by atoms with E-state index in [2.05, 4.69) is 0 Å². The quantitative estimate of drug-likeness (QED) is 0.445. The maximum Gasteiger partial charge on any atom is 0.310 e. The number of rotatable bonds is 10. The van der Waals surface area contributed by atoms with Crippen molar-refractivity contribution in [3.63, 3.8) is 0 Å². The minimum Gasteiger partial charge on any atom is -0.481 e. The fourth-order valence-corrected chi connectivity index (χ4v) is 2.36. The average Bonchev–Trinajstić information content (AvgIpc) is 2.20. The van der Waals surface area contributed by atoms with Gasteiger partial charge in [0, 0.05) is 6.92 Å². The first-order valence-electron chi connectivity index (χ1n) is 7.87. The molecule has 0 fully saturated rings. The normalized spacial score (nSPS) is 14.6. The lowest BCUT2D eigenvalue weighted by molar-refractivity contribution is -0.873. The summed E-state index contributed by atoms with van der Waals surface area (Å²) in [5.41, 5.74) is 0. The molecule has 1 N–H and O–H groups in total. The summed E-state index contributed by atoms with van der Waals surface area (Å²) in [7, 11) is 11.4. The Labute approximate surface area is 144 Å². The molecule has 0 aromatic carbocycles. The van der Waals surface area contributed by atoms with E-state index in [1.807, 2.05) is 42.3 Å². The molecule has 0 bridgehead atoms. The second-order valence-corrected chi connectivity index (χ2v) is 8.09. The summed E-state index contributed by atoms with van der Waals surface area (Å²) in [4.78, 5) is 34.4. The van der Waals surface area contributed by atoms with Gasteiger partial charge in [-0.1, -0.05) is 0 Å². The molecule has 0 saturated heterocycles. The molecule has 0 heterocycles. The summed E-state index contributed by atoms with van der Waals surface area (Å²) >= 11 is 0. The SMILES string of the molecule is CC(=O)OC(CC(=O)OC(CC(=O)O)C[N+](C)(C)C)C[N+](C)(C)C. The van der Waals surface area contributed by atoms with Crippen LogP contribution in [0.15, 0.2) is 0 Å². The minimum absolute atomic E-state index is 0.0949. The standard InChI is InChI=1S/C16H31N2O6/c1-12(19)23-14(11-18(5,6)7)9-16(22)24-13(8-15(20)21)10-17(2,3)4/h13-14H,8-11H2,1-7H3/q+1/p+1. The van der Waals surface area contributed by atoms with Crippen LogP contribution in [0.3, 0.4) is 0 Å². The van der Waals surface area contributed by atoms with Crippen molar-refractivity contribution >= 4 is 17.9 Å². The van der Waals surface area contributed by atoms with Gasteiger partial charge in [-0.3, -0.25) is 14.4 Å². The summed E-state index contributed by atoms with van der Waals surface area (Å²) in [5, 5.41) is 8.98. The largest absolute Gasteiger partial charge is 0.481 e. The topological polar surface area (TPSA) is 89.9 Å². The molecule has 0 aliphatic carbocycles. The van der Waals surface area contributed by atoms with Gasteiger partial charge in [-0.05, 0) is 0 Å². The number of hydrogen-bond donors (Lipinski definition) is 1. The number of nitrogens with zero attached hydrogens (tertiary/aromatic N) is 2. The van der Waals surface area contributed by atoms with E-state index in [1.165, 1.54) is 6.92 Å². The number of esters is 2. The Morgan fingerprint density at radius 3 is 1.58 bits per heavy atom. The predicted octanol–water partition coefficient (Wildman–Crippen LogP) is 0.107. The zero-order valence-corrected chi connectivity index (χ0v) is 15.9. The third-order valence-electron chi connectivity index (χ3n) is 2.93. The second-order valence-electron chi connectivity index (χ2n) is 8.09. The fraction of sp³-hybridized carbons (Fsp3) is 0.812. The Balaban J connectivity index is 4.86. The first-order valence-corrected chi connectivity index (χ1v) is 7.87. The highest BCUT2D eigenvalue weighted by Gasteiger charge is 2.29. The van der Waals surface area contributed by atoms with Crippen molar-refractivity contribution in [1.29, 1.82) is 0 Å².